The van der Waals surface area contributed by atoms with E-state index < -0.39 is 0 Å². The van der Waals surface area contributed by atoms with Gasteiger partial charge in [-0.3, -0.25) is 4.79 Å². The maximum Gasteiger partial charge on any atom is 0.241 e. The van der Waals surface area contributed by atoms with Crippen molar-refractivity contribution >= 4 is 41.5 Å². The lowest BCUT2D eigenvalue weighted by atomic mass is 10.2. The minimum absolute atomic E-state index is 0. The summed E-state index contributed by atoms with van der Waals surface area (Å²) in [7, 11) is 0. The van der Waals surface area contributed by atoms with Gasteiger partial charge in [0.05, 0.1) is 5.69 Å². The van der Waals surface area contributed by atoms with E-state index in [4.69, 9.17) is 0 Å². The molecule has 1 heterocycles. The average molecular weight is 463 g/mol. The number of halogens is 2. The molecule has 0 unspecified atom stereocenters. The van der Waals surface area contributed by atoms with Crippen LogP contribution in [0.1, 0.15) is 13.8 Å². The molecule has 25 heavy (non-hydrogen) atoms. The second-order valence-corrected chi connectivity index (χ2v) is 5.55. The van der Waals surface area contributed by atoms with Gasteiger partial charge >= 0.3 is 0 Å². The van der Waals surface area contributed by atoms with Crippen molar-refractivity contribution in [2.45, 2.75) is 13.8 Å². The van der Waals surface area contributed by atoms with Crippen LogP contribution in [0, 0.1) is 5.82 Å². The standard InChI is InChI=1S/C17H26FN5O.HI/c1-3-19-16(24)13-21-17(20-4-2)23-11-9-22(10-12-23)15-8-6-5-7-14(15)18;/h5-8H,3-4,9-13H2,1-2H3,(H,19,24)(H,20,21);1H. The summed E-state index contributed by atoms with van der Waals surface area (Å²) in [4.78, 5) is 20.1. The number of anilines is 1. The fourth-order valence-electron chi connectivity index (χ4n) is 2.69. The highest BCUT2D eigenvalue weighted by Crippen LogP contribution is 2.20. The normalized spacial score (nSPS) is 14.8. The minimum Gasteiger partial charge on any atom is -0.366 e. The van der Waals surface area contributed by atoms with Crippen LogP contribution in [0.2, 0.25) is 0 Å². The third-order valence-corrected chi connectivity index (χ3v) is 3.85. The lowest BCUT2D eigenvalue weighted by Gasteiger charge is -2.37. The molecule has 0 bridgehead atoms. The Bertz CT molecular complexity index is 576. The molecule has 2 rings (SSSR count). The molecule has 1 aromatic carbocycles. The number of hydrogen-bond donors (Lipinski definition) is 2. The van der Waals surface area contributed by atoms with E-state index in [1.54, 1.807) is 12.1 Å². The maximum absolute atomic E-state index is 13.9. The number of amides is 1. The Labute approximate surface area is 165 Å². The van der Waals surface area contributed by atoms with Crippen molar-refractivity contribution in [3.8, 4) is 0 Å². The zero-order chi connectivity index (χ0) is 17.4. The number of hydrogen-bond acceptors (Lipinski definition) is 3. The van der Waals surface area contributed by atoms with Gasteiger partial charge in [-0.15, -0.1) is 24.0 Å². The van der Waals surface area contributed by atoms with Gasteiger partial charge in [-0.2, -0.15) is 0 Å². The second-order valence-electron chi connectivity index (χ2n) is 5.55. The number of carbonyl (C=O) groups excluding carboxylic acids is 1. The number of aliphatic imine (C=N–C) groups is 1. The number of nitrogens with one attached hydrogen (secondary N) is 2. The number of guanidine groups is 1. The Kier molecular flexibility index (Phi) is 9.54. The molecule has 140 valence electrons. The fourth-order valence-corrected chi connectivity index (χ4v) is 2.69. The van der Waals surface area contributed by atoms with Crippen LogP contribution in [0.15, 0.2) is 29.3 Å². The van der Waals surface area contributed by atoms with Gasteiger partial charge < -0.3 is 20.4 Å². The summed E-state index contributed by atoms with van der Waals surface area (Å²) in [6.07, 6.45) is 0. The van der Waals surface area contributed by atoms with Crippen LogP contribution in [0.25, 0.3) is 0 Å². The molecule has 6 nitrogen and oxygen atoms in total. The van der Waals surface area contributed by atoms with E-state index in [2.05, 4.69) is 20.5 Å². The van der Waals surface area contributed by atoms with Crippen molar-refractivity contribution in [3.05, 3.63) is 30.1 Å². The summed E-state index contributed by atoms with van der Waals surface area (Å²) in [5.41, 5.74) is 0.640. The number of nitrogens with zero attached hydrogens (tertiary/aromatic N) is 3. The minimum atomic E-state index is -0.192. The van der Waals surface area contributed by atoms with Gasteiger partial charge in [-0.1, -0.05) is 12.1 Å². The van der Waals surface area contributed by atoms with Crippen molar-refractivity contribution in [3.63, 3.8) is 0 Å². The topological polar surface area (TPSA) is 60.0 Å². The molecular formula is C17H27FIN5O. The predicted octanol–water partition coefficient (Wildman–Crippen LogP) is 1.67. The van der Waals surface area contributed by atoms with Crippen LogP contribution in [-0.4, -0.2) is 62.6 Å². The quantitative estimate of drug-likeness (QED) is 0.397. The largest absolute Gasteiger partial charge is 0.366 e. The zero-order valence-corrected chi connectivity index (χ0v) is 17.1. The van der Waals surface area contributed by atoms with E-state index in [-0.39, 0.29) is 42.2 Å². The summed E-state index contributed by atoms with van der Waals surface area (Å²) < 4.78 is 13.9. The van der Waals surface area contributed by atoms with Crippen molar-refractivity contribution in [2.75, 3.05) is 50.7 Å². The molecule has 1 fully saturated rings. The number of carbonyl (C=O) groups is 1. The Morgan fingerprint density at radius 3 is 2.36 bits per heavy atom. The fraction of sp³-hybridized carbons (Fsp3) is 0.529. The molecule has 0 aliphatic carbocycles. The Morgan fingerprint density at radius 2 is 1.76 bits per heavy atom. The molecule has 0 spiro atoms. The van der Waals surface area contributed by atoms with Gasteiger partial charge in [0, 0.05) is 39.3 Å². The summed E-state index contributed by atoms with van der Waals surface area (Å²) in [5, 5.41) is 5.96. The molecule has 1 aliphatic rings. The maximum atomic E-state index is 13.9. The smallest absolute Gasteiger partial charge is 0.241 e. The van der Waals surface area contributed by atoms with Crippen molar-refractivity contribution in [1.29, 1.82) is 0 Å². The van der Waals surface area contributed by atoms with E-state index >= 15 is 0 Å². The highest BCUT2D eigenvalue weighted by molar-refractivity contribution is 14.0. The third-order valence-electron chi connectivity index (χ3n) is 3.85. The lowest BCUT2D eigenvalue weighted by Crippen LogP contribution is -2.53. The van der Waals surface area contributed by atoms with Gasteiger partial charge in [0.2, 0.25) is 5.91 Å². The molecule has 0 atom stereocenters. The zero-order valence-electron chi connectivity index (χ0n) is 14.8. The molecule has 1 saturated heterocycles. The first-order valence-electron chi connectivity index (χ1n) is 8.45. The first-order valence-corrected chi connectivity index (χ1v) is 8.45. The summed E-state index contributed by atoms with van der Waals surface area (Å²) in [6.45, 7) is 8.23. The van der Waals surface area contributed by atoms with Gasteiger partial charge in [-0.25, -0.2) is 9.38 Å². The number of benzene rings is 1. The summed E-state index contributed by atoms with van der Waals surface area (Å²) in [5.74, 6) is 0.456. The summed E-state index contributed by atoms with van der Waals surface area (Å²) in [6, 6.07) is 6.84. The highest BCUT2D eigenvalue weighted by atomic mass is 127. The van der Waals surface area contributed by atoms with Crippen molar-refractivity contribution in [2.24, 2.45) is 4.99 Å². The molecule has 2 N–H and O–H groups in total. The first kappa shape index (κ1) is 21.5. The van der Waals surface area contributed by atoms with Gasteiger partial charge in [-0.05, 0) is 26.0 Å². The molecule has 1 amide bonds. The molecule has 0 radical (unpaired) electrons. The number of piperazine rings is 1. The van der Waals surface area contributed by atoms with E-state index in [0.29, 0.717) is 25.3 Å². The molecule has 8 heteroatoms. The van der Waals surface area contributed by atoms with E-state index in [1.165, 1.54) is 6.07 Å². The Morgan fingerprint density at radius 1 is 1.12 bits per heavy atom. The highest BCUT2D eigenvalue weighted by Gasteiger charge is 2.21. The van der Waals surface area contributed by atoms with E-state index in [0.717, 1.165) is 25.6 Å². The second kappa shape index (κ2) is 11.1. The first-order chi connectivity index (χ1) is 11.7. The van der Waals surface area contributed by atoms with Gasteiger partial charge in [0.25, 0.3) is 0 Å². The Balaban J connectivity index is 0.00000312. The summed E-state index contributed by atoms with van der Waals surface area (Å²) >= 11 is 0. The van der Waals surface area contributed by atoms with Crippen LogP contribution >= 0.6 is 24.0 Å². The molecule has 0 saturated carbocycles. The predicted molar refractivity (Wildman–Crippen MR) is 110 cm³/mol. The molecule has 1 aliphatic heterocycles. The third kappa shape index (κ3) is 6.33. The molecular weight excluding hydrogens is 436 g/mol. The van der Waals surface area contributed by atoms with Crippen LogP contribution in [0.5, 0.6) is 0 Å². The van der Waals surface area contributed by atoms with Gasteiger partial charge in [0.15, 0.2) is 5.96 Å². The molecule has 0 aromatic heterocycles. The average Bonchev–Trinajstić information content (AvgIpc) is 2.59. The van der Waals surface area contributed by atoms with E-state index in [9.17, 15) is 9.18 Å². The lowest BCUT2D eigenvalue weighted by molar-refractivity contribution is -0.119. The van der Waals surface area contributed by atoms with Crippen molar-refractivity contribution < 1.29 is 9.18 Å². The van der Waals surface area contributed by atoms with E-state index in [1.807, 2.05) is 24.8 Å². The van der Waals surface area contributed by atoms with Gasteiger partial charge in [0.1, 0.15) is 12.4 Å². The monoisotopic (exact) mass is 463 g/mol. The van der Waals surface area contributed by atoms with Crippen molar-refractivity contribution in [1.82, 2.24) is 15.5 Å². The number of para-hydroxylation sites is 1. The number of likely N-dealkylation sites (N-methyl/N-ethyl adjacent to an activating group) is 1. The SMILES string of the molecule is CCNC(=O)CN=C(NCC)N1CCN(c2ccccc2F)CC1.I. The van der Waals surface area contributed by atoms with Crippen LogP contribution < -0.4 is 15.5 Å². The number of rotatable bonds is 5. The Hall–Kier alpha value is -1.58. The van der Waals surface area contributed by atoms with Crippen LogP contribution in [0.4, 0.5) is 10.1 Å². The molecule has 1 aromatic rings. The van der Waals surface area contributed by atoms with Crippen LogP contribution in [-0.2, 0) is 4.79 Å². The van der Waals surface area contributed by atoms with Crippen LogP contribution in [0.3, 0.4) is 0 Å².